The molecule has 0 amide bonds. The highest BCUT2D eigenvalue weighted by atomic mass is 16.1. The Labute approximate surface area is 82.1 Å². The molecule has 0 spiro atoms. The molecule has 0 radical (unpaired) electrons. The zero-order valence-corrected chi connectivity index (χ0v) is 7.73. The van der Waals surface area contributed by atoms with Crippen molar-refractivity contribution in [2.75, 3.05) is 13.1 Å². The smallest absolute Gasteiger partial charge is 0.240 e. The molecule has 1 aromatic rings. The van der Waals surface area contributed by atoms with E-state index < -0.39 is 0 Å². The second kappa shape index (κ2) is 4.13. The van der Waals surface area contributed by atoms with Crippen molar-refractivity contribution in [1.82, 2.24) is 10.3 Å². The minimum absolute atomic E-state index is 0.449. The number of carbonyl (C=O) groups excluding carboxylic acids is 1. The average molecular weight is 189 g/mol. The van der Waals surface area contributed by atoms with Crippen LogP contribution in [-0.2, 0) is 4.79 Å². The zero-order valence-electron chi connectivity index (χ0n) is 7.73. The fourth-order valence-corrected chi connectivity index (χ4v) is 1.80. The van der Waals surface area contributed by atoms with E-state index in [1.165, 1.54) is 0 Å². The molecule has 0 aliphatic carbocycles. The van der Waals surface area contributed by atoms with Crippen molar-refractivity contribution in [2.24, 2.45) is 4.99 Å². The molecule has 1 aliphatic rings. The van der Waals surface area contributed by atoms with Crippen molar-refractivity contribution in [2.45, 2.75) is 12.3 Å². The number of hydrogen-bond donors (Lipinski definition) is 1. The Morgan fingerprint density at radius 1 is 1.64 bits per heavy atom. The quantitative estimate of drug-likeness (QED) is 0.560. The van der Waals surface area contributed by atoms with Gasteiger partial charge in [-0.3, -0.25) is 4.98 Å². The van der Waals surface area contributed by atoms with Crippen LogP contribution in [0.15, 0.2) is 23.5 Å². The minimum atomic E-state index is 0.449. The first kappa shape index (κ1) is 9.06. The lowest BCUT2D eigenvalue weighted by Gasteiger charge is -2.09. The Kier molecular flexibility index (Phi) is 2.68. The molecule has 1 saturated heterocycles. The number of nitrogens with one attached hydrogen (secondary N) is 1. The highest BCUT2D eigenvalue weighted by Crippen LogP contribution is 2.29. The van der Waals surface area contributed by atoms with Gasteiger partial charge in [-0.15, -0.1) is 0 Å². The summed E-state index contributed by atoms with van der Waals surface area (Å²) in [7, 11) is 0. The van der Waals surface area contributed by atoms with E-state index in [1.807, 2.05) is 6.07 Å². The van der Waals surface area contributed by atoms with Crippen molar-refractivity contribution in [3.63, 3.8) is 0 Å². The summed E-state index contributed by atoms with van der Waals surface area (Å²) in [6.07, 6.45) is 5.99. The van der Waals surface area contributed by atoms with Crippen LogP contribution >= 0.6 is 0 Å². The minimum Gasteiger partial charge on any atom is -0.316 e. The summed E-state index contributed by atoms with van der Waals surface area (Å²) in [4.78, 5) is 17.8. The molecule has 0 aromatic carbocycles. The van der Waals surface area contributed by atoms with Crippen LogP contribution < -0.4 is 5.32 Å². The highest BCUT2D eigenvalue weighted by Gasteiger charge is 2.19. The molecule has 2 heterocycles. The molecule has 4 heteroatoms. The first-order valence-corrected chi connectivity index (χ1v) is 4.64. The standard InChI is InChI=1S/C10H11N3O/c14-7-13-10-6-12-4-2-9(10)8-1-3-11-5-8/h2,4,6,8,11H,1,3,5H2. The summed E-state index contributed by atoms with van der Waals surface area (Å²) in [5.74, 6) is 0.449. The van der Waals surface area contributed by atoms with E-state index in [4.69, 9.17) is 0 Å². The van der Waals surface area contributed by atoms with Crippen LogP contribution in [0.5, 0.6) is 0 Å². The molecule has 0 saturated carbocycles. The van der Waals surface area contributed by atoms with Gasteiger partial charge >= 0.3 is 0 Å². The van der Waals surface area contributed by atoms with Gasteiger partial charge in [-0.1, -0.05) is 0 Å². The van der Waals surface area contributed by atoms with Crippen molar-refractivity contribution in [3.05, 3.63) is 24.0 Å². The second-order valence-electron chi connectivity index (χ2n) is 3.33. The molecule has 4 nitrogen and oxygen atoms in total. The van der Waals surface area contributed by atoms with Gasteiger partial charge in [-0.2, -0.15) is 4.99 Å². The van der Waals surface area contributed by atoms with Crippen LogP contribution in [0, 0.1) is 0 Å². The molecule has 1 fully saturated rings. The third kappa shape index (κ3) is 1.71. The van der Waals surface area contributed by atoms with E-state index in [-0.39, 0.29) is 0 Å². The van der Waals surface area contributed by atoms with Gasteiger partial charge in [0.05, 0.1) is 11.9 Å². The molecular formula is C10H11N3O. The largest absolute Gasteiger partial charge is 0.316 e. The molecule has 1 N–H and O–H groups in total. The van der Waals surface area contributed by atoms with E-state index in [0.29, 0.717) is 11.6 Å². The van der Waals surface area contributed by atoms with Gasteiger partial charge in [0.25, 0.3) is 0 Å². The molecule has 1 aliphatic heterocycles. The van der Waals surface area contributed by atoms with E-state index in [9.17, 15) is 4.79 Å². The van der Waals surface area contributed by atoms with Crippen molar-refractivity contribution >= 4 is 11.8 Å². The summed E-state index contributed by atoms with van der Waals surface area (Å²) in [6.45, 7) is 1.97. The fourth-order valence-electron chi connectivity index (χ4n) is 1.80. The molecular weight excluding hydrogens is 178 g/mol. The molecule has 0 bridgehead atoms. The maximum atomic E-state index is 10.2. The maximum absolute atomic E-state index is 10.2. The Bertz CT molecular complexity index is 365. The van der Waals surface area contributed by atoms with E-state index in [2.05, 4.69) is 15.3 Å². The van der Waals surface area contributed by atoms with Gasteiger partial charge in [-0.05, 0) is 30.5 Å². The summed E-state index contributed by atoms with van der Waals surface area (Å²) in [5.41, 5.74) is 1.74. The highest BCUT2D eigenvalue weighted by molar-refractivity contribution is 5.53. The Hall–Kier alpha value is -1.51. The Morgan fingerprint density at radius 3 is 3.29 bits per heavy atom. The van der Waals surface area contributed by atoms with Crippen LogP contribution in [0.2, 0.25) is 0 Å². The number of rotatable bonds is 2. The lowest BCUT2D eigenvalue weighted by molar-refractivity contribution is 0.565. The lowest BCUT2D eigenvalue weighted by Crippen LogP contribution is -2.08. The van der Waals surface area contributed by atoms with E-state index in [0.717, 1.165) is 25.1 Å². The predicted molar refractivity (Wildman–Crippen MR) is 52.2 cm³/mol. The molecule has 1 aromatic heterocycles. The average Bonchev–Trinajstić information content (AvgIpc) is 2.72. The van der Waals surface area contributed by atoms with Crippen LogP contribution in [0.25, 0.3) is 0 Å². The molecule has 1 atom stereocenters. The Morgan fingerprint density at radius 2 is 2.57 bits per heavy atom. The van der Waals surface area contributed by atoms with Gasteiger partial charge in [0.15, 0.2) is 0 Å². The van der Waals surface area contributed by atoms with Crippen molar-refractivity contribution in [3.8, 4) is 0 Å². The van der Waals surface area contributed by atoms with Crippen LogP contribution in [0.1, 0.15) is 17.9 Å². The number of nitrogens with zero attached hydrogens (tertiary/aromatic N) is 2. The van der Waals surface area contributed by atoms with Crippen molar-refractivity contribution < 1.29 is 4.79 Å². The van der Waals surface area contributed by atoms with Gasteiger partial charge in [0, 0.05) is 12.7 Å². The van der Waals surface area contributed by atoms with Crippen LogP contribution in [0.4, 0.5) is 5.69 Å². The molecule has 72 valence electrons. The SMILES string of the molecule is O=C=Nc1cnccc1C1CCNC1. The third-order valence-corrected chi connectivity index (χ3v) is 2.50. The van der Waals surface area contributed by atoms with Gasteiger partial charge in [0.2, 0.25) is 6.08 Å². The number of hydrogen-bond acceptors (Lipinski definition) is 4. The van der Waals surface area contributed by atoms with Gasteiger partial charge in [-0.25, -0.2) is 4.79 Å². The second-order valence-corrected chi connectivity index (χ2v) is 3.33. The summed E-state index contributed by atoms with van der Waals surface area (Å²) in [5, 5.41) is 3.28. The van der Waals surface area contributed by atoms with E-state index in [1.54, 1.807) is 18.5 Å². The van der Waals surface area contributed by atoms with Crippen molar-refractivity contribution in [1.29, 1.82) is 0 Å². The fraction of sp³-hybridized carbons (Fsp3) is 0.400. The lowest BCUT2D eigenvalue weighted by atomic mass is 9.98. The topological polar surface area (TPSA) is 54.4 Å². The van der Waals surface area contributed by atoms with Crippen LogP contribution in [-0.4, -0.2) is 24.2 Å². The van der Waals surface area contributed by atoms with Crippen LogP contribution in [0.3, 0.4) is 0 Å². The summed E-state index contributed by atoms with van der Waals surface area (Å²) in [6, 6.07) is 1.92. The predicted octanol–water partition coefficient (Wildman–Crippen LogP) is 1.13. The number of aromatic nitrogens is 1. The van der Waals surface area contributed by atoms with E-state index >= 15 is 0 Å². The normalized spacial score (nSPS) is 20.4. The monoisotopic (exact) mass is 189 g/mol. The first-order chi connectivity index (χ1) is 6.92. The number of aliphatic imine (C=N–C) groups is 1. The summed E-state index contributed by atoms with van der Waals surface area (Å²) < 4.78 is 0. The van der Waals surface area contributed by atoms with Gasteiger partial charge < -0.3 is 5.32 Å². The summed E-state index contributed by atoms with van der Waals surface area (Å²) >= 11 is 0. The Balaban J connectivity index is 2.34. The first-order valence-electron chi connectivity index (χ1n) is 4.64. The van der Waals surface area contributed by atoms with Gasteiger partial charge in [0.1, 0.15) is 0 Å². The third-order valence-electron chi connectivity index (χ3n) is 2.50. The molecule has 14 heavy (non-hydrogen) atoms. The number of pyridine rings is 1. The zero-order chi connectivity index (χ0) is 9.80. The molecule has 1 unspecified atom stereocenters. The molecule has 2 rings (SSSR count). The maximum Gasteiger partial charge on any atom is 0.240 e. The number of isocyanates is 1.